The summed E-state index contributed by atoms with van der Waals surface area (Å²) in [4.78, 5) is 11.0. The number of ether oxygens (including phenoxy) is 4. The fourth-order valence-electron chi connectivity index (χ4n) is 1.48. The van der Waals surface area contributed by atoms with Gasteiger partial charge in [-0.3, -0.25) is 4.79 Å². The Balaban J connectivity index is 4.55. The molecule has 6 heteroatoms. The third-order valence-corrected chi connectivity index (χ3v) is 3.17. The van der Waals surface area contributed by atoms with Gasteiger partial charge >= 0.3 is 0 Å². The highest BCUT2D eigenvalue weighted by Gasteiger charge is 2.34. The van der Waals surface area contributed by atoms with E-state index in [9.17, 15) is 4.79 Å². The zero-order valence-corrected chi connectivity index (χ0v) is 12.2. The molecule has 1 N–H and O–H groups in total. The van der Waals surface area contributed by atoms with Gasteiger partial charge in [-0.25, -0.2) is 0 Å². The number of carbonyl (C=O) groups excluding carboxylic acids is 1. The van der Waals surface area contributed by atoms with Crippen molar-refractivity contribution in [1.82, 2.24) is 5.32 Å². The molecule has 0 radical (unpaired) electrons. The monoisotopic (exact) mass is 263 g/mol. The number of nitrogens with one attached hydrogen (secondary N) is 1. The summed E-state index contributed by atoms with van der Waals surface area (Å²) in [5.74, 6) is -1.70. The van der Waals surface area contributed by atoms with Gasteiger partial charge in [-0.05, 0) is 6.92 Å². The average molecular weight is 263 g/mol. The third kappa shape index (κ3) is 5.30. The normalized spacial score (nSPS) is 12.6. The molecule has 108 valence electrons. The van der Waals surface area contributed by atoms with Crippen molar-refractivity contribution in [2.45, 2.75) is 38.3 Å². The summed E-state index contributed by atoms with van der Waals surface area (Å²) in [6, 6.07) is 0. The van der Waals surface area contributed by atoms with E-state index in [-0.39, 0.29) is 12.5 Å². The quantitative estimate of drug-likeness (QED) is 0.626. The molecule has 0 bridgehead atoms. The van der Waals surface area contributed by atoms with Crippen molar-refractivity contribution < 1.29 is 23.7 Å². The maximum absolute atomic E-state index is 11.0. The van der Waals surface area contributed by atoms with E-state index < -0.39 is 11.6 Å². The first kappa shape index (κ1) is 17.3. The van der Waals surface area contributed by atoms with Gasteiger partial charge in [0.2, 0.25) is 5.91 Å². The number of carbonyl (C=O) groups is 1. The number of methoxy groups -OCH3 is 4. The lowest BCUT2D eigenvalue weighted by atomic mass is 10.0. The van der Waals surface area contributed by atoms with Gasteiger partial charge in [0.1, 0.15) is 0 Å². The Bertz CT molecular complexity index is 249. The van der Waals surface area contributed by atoms with Crippen LogP contribution in [0.25, 0.3) is 0 Å². The van der Waals surface area contributed by atoms with Gasteiger partial charge < -0.3 is 24.3 Å². The lowest BCUT2D eigenvalue weighted by molar-refractivity contribution is -0.240. The molecule has 18 heavy (non-hydrogen) atoms. The summed E-state index contributed by atoms with van der Waals surface area (Å²) in [5.41, 5.74) is 0. The molecule has 0 rings (SSSR count). The van der Waals surface area contributed by atoms with E-state index in [0.717, 1.165) is 0 Å². The van der Waals surface area contributed by atoms with Gasteiger partial charge in [0.15, 0.2) is 11.6 Å². The van der Waals surface area contributed by atoms with Gasteiger partial charge in [-0.1, -0.05) is 0 Å². The maximum atomic E-state index is 11.0. The Morgan fingerprint density at radius 1 is 1.00 bits per heavy atom. The van der Waals surface area contributed by atoms with Crippen molar-refractivity contribution in [3.63, 3.8) is 0 Å². The standard InChI is InChI=1S/C12H25NO5/c1-10(14)13-9-12(17-5,18-6)8-7-11(2,15-3)16-4/h7-9H2,1-6H3,(H,13,14). The molecular formula is C12H25NO5. The van der Waals surface area contributed by atoms with Crippen molar-refractivity contribution in [1.29, 1.82) is 0 Å². The van der Waals surface area contributed by atoms with Crippen molar-refractivity contribution in [2.24, 2.45) is 0 Å². The molecule has 1 amide bonds. The van der Waals surface area contributed by atoms with E-state index >= 15 is 0 Å². The van der Waals surface area contributed by atoms with Crippen LogP contribution < -0.4 is 5.32 Å². The summed E-state index contributed by atoms with van der Waals surface area (Å²) in [6.45, 7) is 3.56. The molecule has 0 aliphatic heterocycles. The fraction of sp³-hybridized carbons (Fsp3) is 0.917. The predicted octanol–water partition coefficient (Wildman–Crippen LogP) is 0.901. The van der Waals surface area contributed by atoms with Gasteiger partial charge in [0.25, 0.3) is 0 Å². The van der Waals surface area contributed by atoms with Crippen LogP contribution in [0.3, 0.4) is 0 Å². The largest absolute Gasteiger partial charge is 0.353 e. The fourth-order valence-corrected chi connectivity index (χ4v) is 1.48. The van der Waals surface area contributed by atoms with Gasteiger partial charge in [-0.2, -0.15) is 0 Å². The van der Waals surface area contributed by atoms with Crippen molar-refractivity contribution in [2.75, 3.05) is 35.0 Å². The van der Waals surface area contributed by atoms with Crippen LogP contribution in [0.2, 0.25) is 0 Å². The maximum Gasteiger partial charge on any atom is 0.217 e. The highest BCUT2D eigenvalue weighted by Crippen LogP contribution is 2.25. The lowest BCUT2D eigenvalue weighted by Gasteiger charge is -2.34. The first-order valence-electron chi connectivity index (χ1n) is 5.82. The molecule has 0 saturated heterocycles. The summed E-state index contributed by atoms with van der Waals surface area (Å²) in [7, 11) is 6.25. The van der Waals surface area contributed by atoms with E-state index in [4.69, 9.17) is 18.9 Å². The first-order chi connectivity index (χ1) is 8.37. The van der Waals surface area contributed by atoms with Crippen LogP contribution in [0.15, 0.2) is 0 Å². The molecule has 0 aromatic rings. The Hall–Kier alpha value is -0.690. The molecule has 0 saturated carbocycles. The Kier molecular flexibility index (Phi) is 7.39. The van der Waals surface area contributed by atoms with Gasteiger partial charge in [-0.15, -0.1) is 0 Å². The zero-order valence-electron chi connectivity index (χ0n) is 12.2. The summed E-state index contributed by atoms with van der Waals surface area (Å²) < 4.78 is 21.3. The SMILES string of the molecule is COC(C)(CCC(CNC(C)=O)(OC)OC)OC. The van der Waals surface area contributed by atoms with Crippen LogP contribution >= 0.6 is 0 Å². The van der Waals surface area contributed by atoms with Crippen LogP contribution in [-0.2, 0) is 23.7 Å². The van der Waals surface area contributed by atoms with Crippen LogP contribution in [-0.4, -0.2) is 52.5 Å². The zero-order chi connectivity index (χ0) is 14.2. The van der Waals surface area contributed by atoms with Crippen LogP contribution in [0, 0.1) is 0 Å². The summed E-state index contributed by atoms with van der Waals surface area (Å²) in [6.07, 6.45) is 1.10. The first-order valence-corrected chi connectivity index (χ1v) is 5.82. The molecule has 0 aromatic carbocycles. The Morgan fingerprint density at radius 2 is 1.50 bits per heavy atom. The van der Waals surface area contributed by atoms with E-state index in [2.05, 4.69) is 5.32 Å². The van der Waals surface area contributed by atoms with Gasteiger partial charge in [0.05, 0.1) is 6.54 Å². The number of hydrogen-bond donors (Lipinski definition) is 1. The lowest BCUT2D eigenvalue weighted by Crippen LogP contribution is -2.47. The number of amides is 1. The molecular weight excluding hydrogens is 238 g/mol. The molecule has 0 aliphatic carbocycles. The van der Waals surface area contributed by atoms with Crippen LogP contribution in [0.4, 0.5) is 0 Å². The van der Waals surface area contributed by atoms with E-state index in [0.29, 0.717) is 12.8 Å². The van der Waals surface area contributed by atoms with Gasteiger partial charge in [0, 0.05) is 48.2 Å². The number of rotatable bonds is 9. The minimum Gasteiger partial charge on any atom is -0.353 e. The molecule has 0 atom stereocenters. The summed E-state index contributed by atoms with van der Waals surface area (Å²) >= 11 is 0. The minimum absolute atomic E-state index is 0.130. The smallest absolute Gasteiger partial charge is 0.217 e. The summed E-state index contributed by atoms with van der Waals surface area (Å²) in [5, 5.41) is 2.69. The highest BCUT2D eigenvalue weighted by atomic mass is 16.7. The third-order valence-electron chi connectivity index (χ3n) is 3.17. The molecule has 0 aliphatic rings. The van der Waals surface area contributed by atoms with Crippen LogP contribution in [0.1, 0.15) is 26.7 Å². The van der Waals surface area contributed by atoms with E-state index in [1.807, 2.05) is 6.92 Å². The molecule has 0 fully saturated rings. The van der Waals surface area contributed by atoms with E-state index in [1.165, 1.54) is 6.92 Å². The molecule has 0 spiro atoms. The second kappa shape index (κ2) is 7.68. The van der Waals surface area contributed by atoms with Crippen molar-refractivity contribution in [3.05, 3.63) is 0 Å². The molecule has 6 nitrogen and oxygen atoms in total. The van der Waals surface area contributed by atoms with Crippen molar-refractivity contribution >= 4 is 5.91 Å². The Labute approximate surface area is 109 Å². The average Bonchev–Trinajstić information content (AvgIpc) is 2.39. The highest BCUT2D eigenvalue weighted by molar-refractivity contribution is 5.72. The topological polar surface area (TPSA) is 66.0 Å². The molecule has 0 unspecified atom stereocenters. The predicted molar refractivity (Wildman–Crippen MR) is 67.1 cm³/mol. The second-order valence-corrected chi connectivity index (χ2v) is 4.27. The minimum atomic E-state index is -0.871. The second-order valence-electron chi connectivity index (χ2n) is 4.27. The number of hydrogen-bond acceptors (Lipinski definition) is 5. The molecule has 0 heterocycles. The molecule has 0 aromatic heterocycles. The Morgan fingerprint density at radius 3 is 1.83 bits per heavy atom. The van der Waals surface area contributed by atoms with E-state index in [1.54, 1.807) is 28.4 Å². The van der Waals surface area contributed by atoms with Crippen LogP contribution in [0.5, 0.6) is 0 Å². The van der Waals surface area contributed by atoms with Crippen molar-refractivity contribution in [3.8, 4) is 0 Å².